The van der Waals surface area contributed by atoms with Crippen molar-refractivity contribution < 1.29 is 31.1 Å². The molecule has 0 aromatic heterocycles. The van der Waals surface area contributed by atoms with Gasteiger partial charge < -0.3 is 0 Å². The third-order valence-corrected chi connectivity index (χ3v) is 2.56. The van der Waals surface area contributed by atoms with Crippen LogP contribution in [0.1, 0.15) is 15.9 Å². The zero-order valence-electron chi connectivity index (χ0n) is 9.49. The Morgan fingerprint density at radius 2 is 1.15 bits per heavy atom. The van der Waals surface area contributed by atoms with Crippen LogP contribution in [0.5, 0.6) is 0 Å². The first kappa shape index (κ1) is 14.1. The average Bonchev–Trinajstić information content (AvgIpc) is 2.43. The fourth-order valence-corrected chi connectivity index (χ4v) is 1.58. The molecule has 0 fully saturated rings. The van der Waals surface area contributed by atoms with Gasteiger partial charge in [-0.05, 0) is 12.1 Å². The molecule has 0 heterocycles. The van der Waals surface area contributed by atoms with E-state index >= 15 is 0 Å². The Bertz CT molecular complexity index is 681. The van der Waals surface area contributed by atoms with E-state index in [2.05, 4.69) is 0 Å². The van der Waals surface area contributed by atoms with E-state index in [-0.39, 0.29) is 0 Å². The molecule has 0 radical (unpaired) electrons. The van der Waals surface area contributed by atoms with Crippen LogP contribution >= 0.6 is 0 Å². The molecule has 0 bridgehead atoms. The molecule has 1 nitrogen and oxygen atoms in total. The average molecular weight is 290 g/mol. The zero-order chi connectivity index (χ0) is 15.0. The molecule has 2 aromatic carbocycles. The van der Waals surface area contributed by atoms with Crippen LogP contribution in [-0.2, 0) is 0 Å². The quantitative estimate of drug-likeness (QED) is 0.356. The van der Waals surface area contributed by atoms with Crippen molar-refractivity contribution in [3.05, 3.63) is 70.3 Å². The molecule has 0 aliphatic heterocycles. The second-order valence-corrected chi connectivity index (χ2v) is 3.75. The van der Waals surface area contributed by atoms with Crippen LogP contribution in [0.15, 0.2) is 24.3 Å². The third kappa shape index (κ3) is 2.04. The first-order chi connectivity index (χ1) is 9.36. The number of rotatable bonds is 2. The molecule has 0 spiro atoms. The second kappa shape index (κ2) is 4.99. The number of hydrogen-bond acceptors (Lipinski definition) is 1. The SMILES string of the molecule is O=C(c1ccccc1F)c1c(F)c(F)c(F)c(F)c1F. The van der Waals surface area contributed by atoms with Crippen molar-refractivity contribution in [1.29, 1.82) is 0 Å². The van der Waals surface area contributed by atoms with Crippen LogP contribution in [0.3, 0.4) is 0 Å². The lowest BCUT2D eigenvalue weighted by atomic mass is 10.0. The van der Waals surface area contributed by atoms with Crippen LogP contribution in [0, 0.1) is 34.9 Å². The van der Waals surface area contributed by atoms with Gasteiger partial charge in [0.25, 0.3) is 0 Å². The second-order valence-electron chi connectivity index (χ2n) is 3.75. The fraction of sp³-hybridized carbons (Fsp3) is 0. The Labute approximate surface area is 108 Å². The molecule has 0 N–H and O–H groups in total. The van der Waals surface area contributed by atoms with Crippen molar-refractivity contribution in [3.63, 3.8) is 0 Å². The van der Waals surface area contributed by atoms with Gasteiger partial charge in [0, 0.05) is 0 Å². The summed E-state index contributed by atoms with van der Waals surface area (Å²) in [5, 5.41) is 0. The highest BCUT2D eigenvalue weighted by Crippen LogP contribution is 2.25. The Hall–Kier alpha value is -2.31. The summed E-state index contributed by atoms with van der Waals surface area (Å²) in [6, 6.07) is 4.07. The number of hydrogen-bond donors (Lipinski definition) is 0. The van der Waals surface area contributed by atoms with Crippen LogP contribution in [0.2, 0.25) is 0 Å². The molecule has 0 amide bonds. The van der Waals surface area contributed by atoms with Gasteiger partial charge in [-0.1, -0.05) is 12.1 Å². The van der Waals surface area contributed by atoms with Gasteiger partial charge in [-0.25, -0.2) is 26.3 Å². The molecule has 0 aliphatic carbocycles. The largest absolute Gasteiger partial charge is 0.288 e. The molecule has 0 aliphatic rings. The van der Waals surface area contributed by atoms with Gasteiger partial charge in [0.1, 0.15) is 11.4 Å². The molecule has 20 heavy (non-hydrogen) atoms. The Kier molecular flexibility index (Phi) is 3.52. The smallest absolute Gasteiger partial charge is 0.202 e. The highest BCUT2D eigenvalue weighted by Gasteiger charge is 2.31. The highest BCUT2D eigenvalue weighted by molar-refractivity contribution is 6.09. The summed E-state index contributed by atoms with van der Waals surface area (Å²) >= 11 is 0. The maximum absolute atomic E-state index is 13.4. The van der Waals surface area contributed by atoms with E-state index in [4.69, 9.17) is 0 Å². The van der Waals surface area contributed by atoms with Gasteiger partial charge in [-0.2, -0.15) is 0 Å². The topological polar surface area (TPSA) is 17.1 Å². The minimum absolute atomic E-state index is 0.796. The summed E-state index contributed by atoms with van der Waals surface area (Å²) in [6.07, 6.45) is 0. The fourth-order valence-electron chi connectivity index (χ4n) is 1.58. The Balaban J connectivity index is 2.71. The van der Waals surface area contributed by atoms with Crippen LogP contribution < -0.4 is 0 Å². The number of carbonyl (C=O) groups is 1. The lowest BCUT2D eigenvalue weighted by Crippen LogP contribution is -2.14. The Morgan fingerprint density at radius 3 is 1.65 bits per heavy atom. The molecule has 2 rings (SSSR count). The van der Waals surface area contributed by atoms with Crippen molar-refractivity contribution in [1.82, 2.24) is 0 Å². The predicted octanol–water partition coefficient (Wildman–Crippen LogP) is 3.75. The zero-order valence-corrected chi connectivity index (χ0v) is 9.49. The summed E-state index contributed by atoms with van der Waals surface area (Å²) in [6.45, 7) is 0. The molecular formula is C13H4F6O. The maximum Gasteiger partial charge on any atom is 0.202 e. The lowest BCUT2D eigenvalue weighted by Gasteiger charge is -2.07. The van der Waals surface area contributed by atoms with Gasteiger partial charge in [0.05, 0.1) is 5.56 Å². The van der Waals surface area contributed by atoms with E-state index in [0.29, 0.717) is 0 Å². The number of ketones is 1. The van der Waals surface area contributed by atoms with Gasteiger partial charge in [0.15, 0.2) is 23.3 Å². The van der Waals surface area contributed by atoms with Crippen molar-refractivity contribution >= 4 is 5.78 Å². The highest BCUT2D eigenvalue weighted by atomic mass is 19.2. The first-order valence-corrected chi connectivity index (χ1v) is 5.17. The number of halogens is 6. The molecule has 104 valence electrons. The molecule has 0 saturated heterocycles. The summed E-state index contributed by atoms with van der Waals surface area (Å²) in [5.74, 6) is -14.3. The molecule has 0 unspecified atom stereocenters. The van der Waals surface area contributed by atoms with Crippen molar-refractivity contribution in [3.8, 4) is 0 Å². The first-order valence-electron chi connectivity index (χ1n) is 5.17. The van der Waals surface area contributed by atoms with Gasteiger partial charge in [-0.15, -0.1) is 0 Å². The summed E-state index contributed by atoms with van der Waals surface area (Å²) < 4.78 is 78.9. The molecule has 0 saturated carbocycles. The van der Waals surface area contributed by atoms with Crippen molar-refractivity contribution in [2.45, 2.75) is 0 Å². The predicted molar refractivity (Wildman–Crippen MR) is 56.1 cm³/mol. The monoisotopic (exact) mass is 290 g/mol. The standard InChI is InChI=1S/C13H4F6O/c14-6-4-2-1-3-5(6)13(20)7-8(15)10(17)12(19)11(18)9(7)16/h1-4H. The number of benzene rings is 2. The summed E-state index contributed by atoms with van der Waals surface area (Å²) in [7, 11) is 0. The minimum Gasteiger partial charge on any atom is -0.288 e. The Morgan fingerprint density at radius 1 is 0.700 bits per heavy atom. The summed E-state index contributed by atoms with van der Waals surface area (Å²) in [4.78, 5) is 11.7. The minimum atomic E-state index is -2.38. The normalized spacial score (nSPS) is 10.7. The van der Waals surface area contributed by atoms with Crippen molar-refractivity contribution in [2.24, 2.45) is 0 Å². The van der Waals surface area contributed by atoms with E-state index in [1.807, 2.05) is 0 Å². The lowest BCUT2D eigenvalue weighted by molar-refractivity contribution is 0.102. The molecular weight excluding hydrogens is 286 g/mol. The van der Waals surface area contributed by atoms with Crippen molar-refractivity contribution in [2.75, 3.05) is 0 Å². The van der Waals surface area contributed by atoms with E-state index in [1.54, 1.807) is 0 Å². The van der Waals surface area contributed by atoms with Gasteiger partial charge in [0.2, 0.25) is 11.6 Å². The molecule has 7 heteroatoms. The van der Waals surface area contributed by atoms with Crippen LogP contribution in [0.25, 0.3) is 0 Å². The van der Waals surface area contributed by atoms with Gasteiger partial charge in [-0.3, -0.25) is 4.79 Å². The van der Waals surface area contributed by atoms with Crippen LogP contribution in [0.4, 0.5) is 26.3 Å². The van der Waals surface area contributed by atoms with E-state index in [0.717, 1.165) is 12.1 Å². The third-order valence-electron chi connectivity index (χ3n) is 2.56. The van der Waals surface area contributed by atoms with Gasteiger partial charge >= 0.3 is 0 Å². The van der Waals surface area contributed by atoms with E-state index in [1.165, 1.54) is 12.1 Å². The van der Waals surface area contributed by atoms with E-state index < -0.39 is 51.8 Å². The van der Waals surface area contributed by atoms with E-state index in [9.17, 15) is 31.1 Å². The molecule has 0 atom stereocenters. The number of carbonyl (C=O) groups excluding carboxylic acids is 1. The van der Waals surface area contributed by atoms with Crippen LogP contribution in [-0.4, -0.2) is 5.78 Å². The maximum atomic E-state index is 13.4. The summed E-state index contributed by atoms with van der Waals surface area (Å²) in [5.41, 5.74) is -2.48. The molecule has 2 aromatic rings.